The Morgan fingerprint density at radius 3 is 2.52 bits per heavy atom. The van der Waals surface area contributed by atoms with Crippen molar-refractivity contribution in [2.45, 2.75) is 20.0 Å². The maximum Gasteiger partial charge on any atom is 0.301 e. The van der Waals surface area contributed by atoms with Gasteiger partial charge in [-0.1, -0.05) is 23.2 Å². The fourth-order valence-electron chi connectivity index (χ4n) is 2.42. The topological polar surface area (TPSA) is 88.8 Å². The number of aryl methyl sites for hydroxylation is 1. The van der Waals surface area contributed by atoms with Crippen molar-refractivity contribution in [3.8, 4) is 5.75 Å². The van der Waals surface area contributed by atoms with Gasteiger partial charge in [0.2, 0.25) is 0 Å². The average Bonchev–Trinajstić information content (AvgIpc) is 2.96. The van der Waals surface area contributed by atoms with E-state index in [1.165, 1.54) is 43.3 Å². The molecule has 0 aliphatic heterocycles. The number of rotatable bonds is 5. The summed E-state index contributed by atoms with van der Waals surface area (Å²) in [6.45, 7) is 3.06. The molecule has 0 fully saturated rings. The molecule has 0 saturated carbocycles. The number of halogens is 3. The number of hydrogen-bond acceptors (Lipinski definition) is 5. The molecule has 0 amide bonds. The van der Waals surface area contributed by atoms with Crippen LogP contribution in [0.15, 0.2) is 57.5 Å². The van der Waals surface area contributed by atoms with Crippen LogP contribution in [0.25, 0.3) is 0 Å². The van der Waals surface area contributed by atoms with Crippen LogP contribution in [0.4, 0.5) is 15.8 Å². The SMILES string of the molecule is Cc1[nH]n(C(=O)C(C)Oc2ccc(Cl)cc2Cl)c(=O)c1N=Nc1ccc(F)cc1. The largest absolute Gasteiger partial charge is 0.479 e. The first-order chi connectivity index (χ1) is 13.8. The number of nitrogens with one attached hydrogen (secondary N) is 1. The third kappa shape index (κ3) is 4.72. The van der Waals surface area contributed by atoms with Crippen LogP contribution in [0.2, 0.25) is 10.0 Å². The lowest BCUT2D eigenvalue weighted by Gasteiger charge is -2.14. The lowest BCUT2D eigenvalue weighted by molar-refractivity contribution is 0.0706. The van der Waals surface area contributed by atoms with E-state index in [-0.39, 0.29) is 16.5 Å². The van der Waals surface area contributed by atoms with Crippen LogP contribution in [-0.2, 0) is 0 Å². The Morgan fingerprint density at radius 1 is 1.17 bits per heavy atom. The number of aromatic nitrogens is 2. The van der Waals surface area contributed by atoms with Crippen molar-refractivity contribution < 1.29 is 13.9 Å². The minimum absolute atomic E-state index is 0.0422. The highest BCUT2D eigenvalue weighted by molar-refractivity contribution is 6.35. The minimum atomic E-state index is -1.02. The van der Waals surface area contributed by atoms with E-state index in [1.54, 1.807) is 13.0 Å². The summed E-state index contributed by atoms with van der Waals surface area (Å²) in [6, 6.07) is 9.85. The molecule has 7 nitrogen and oxygen atoms in total. The standard InChI is InChI=1S/C19H15Cl2FN4O3/c1-10-17(24-23-14-6-4-13(22)5-7-14)19(28)26(25-10)18(27)11(2)29-16-8-3-12(20)9-15(16)21/h3-9,11,25H,1-2H3. The van der Waals surface area contributed by atoms with E-state index in [2.05, 4.69) is 15.3 Å². The number of azo groups is 1. The van der Waals surface area contributed by atoms with E-state index in [0.717, 1.165) is 4.68 Å². The second-order valence-corrected chi connectivity index (χ2v) is 6.92. The average molecular weight is 437 g/mol. The lowest BCUT2D eigenvalue weighted by Crippen LogP contribution is -2.35. The Bertz CT molecular complexity index is 1140. The summed E-state index contributed by atoms with van der Waals surface area (Å²) in [6.07, 6.45) is -1.02. The van der Waals surface area contributed by atoms with Crippen LogP contribution in [0.1, 0.15) is 17.4 Å². The number of H-pyrrole nitrogens is 1. The normalized spacial score (nSPS) is 12.3. The van der Waals surface area contributed by atoms with Gasteiger partial charge in [-0.3, -0.25) is 14.7 Å². The minimum Gasteiger partial charge on any atom is -0.479 e. The summed E-state index contributed by atoms with van der Waals surface area (Å²) in [7, 11) is 0. The molecule has 3 rings (SSSR count). The lowest BCUT2D eigenvalue weighted by atomic mass is 10.3. The quantitative estimate of drug-likeness (QED) is 0.538. The van der Waals surface area contributed by atoms with Gasteiger partial charge in [-0.05, 0) is 56.3 Å². The van der Waals surface area contributed by atoms with E-state index in [9.17, 15) is 14.0 Å². The first-order valence-electron chi connectivity index (χ1n) is 8.41. The van der Waals surface area contributed by atoms with Gasteiger partial charge >= 0.3 is 5.56 Å². The summed E-state index contributed by atoms with van der Waals surface area (Å²) in [5, 5.41) is 11.1. The molecule has 1 aromatic heterocycles. The molecule has 0 radical (unpaired) electrons. The summed E-state index contributed by atoms with van der Waals surface area (Å²) < 4.78 is 19.3. The first kappa shape index (κ1) is 20.8. The number of nitrogens with zero attached hydrogens (tertiary/aromatic N) is 3. The summed E-state index contributed by atoms with van der Waals surface area (Å²) >= 11 is 11.9. The van der Waals surface area contributed by atoms with Gasteiger partial charge in [-0.25, -0.2) is 4.39 Å². The van der Waals surface area contributed by atoms with Crippen molar-refractivity contribution in [1.29, 1.82) is 0 Å². The molecule has 3 aromatic rings. The smallest absolute Gasteiger partial charge is 0.301 e. The molecule has 1 heterocycles. The summed E-state index contributed by atoms with van der Waals surface area (Å²) in [5.74, 6) is -0.804. The zero-order valence-corrected chi connectivity index (χ0v) is 16.8. The van der Waals surface area contributed by atoms with Gasteiger partial charge in [0, 0.05) is 5.02 Å². The number of benzene rings is 2. The van der Waals surface area contributed by atoms with E-state index in [4.69, 9.17) is 27.9 Å². The van der Waals surface area contributed by atoms with Crippen molar-refractivity contribution in [3.63, 3.8) is 0 Å². The third-order valence-corrected chi connectivity index (χ3v) is 4.43. The fourth-order valence-corrected chi connectivity index (χ4v) is 2.87. The number of aromatic amines is 1. The monoisotopic (exact) mass is 436 g/mol. The van der Waals surface area contributed by atoms with Crippen molar-refractivity contribution >= 4 is 40.5 Å². The Labute approximate surface area is 174 Å². The molecule has 1 N–H and O–H groups in total. The van der Waals surface area contributed by atoms with Crippen molar-refractivity contribution in [3.05, 3.63) is 74.4 Å². The second kappa shape index (κ2) is 8.59. The van der Waals surface area contributed by atoms with Crippen molar-refractivity contribution in [2.75, 3.05) is 0 Å². The van der Waals surface area contributed by atoms with Gasteiger partial charge in [0.25, 0.3) is 5.91 Å². The Balaban J connectivity index is 1.81. The highest BCUT2D eigenvalue weighted by Gasteiger charge is 2.23. The van der Waals surface area contributed by atoms with E-state index in [1.807, 2.05) is 0 Å². The molecular formula is C19H15Cl2FN4O3. The molecule has 0 aliphatic rings. The number of carbonyl (C=O) groups excluding carboxylic acids is 1. The van der Waals surface area contributed by atoms with Crippen LogP contribution in [-0.4, -0.2) is 21.8 Å². The molecule has 1 unspecified atom stereocenters. The Morgan fingerprint density at radius 2 is 1.86 bits per heavy atom. The maximum absolute atomic E-state index is 13.0. The molecule has 0 saturated heterocycles. The van der Waals surface area contributed by atoms with Crippen LogP contribution >= 0.6 is 23.2 Å². The summed E-state index contributed by atoms with van der Waals surface area (Å²) in [4.78, 5) is 25.2. The van der Waals surface area contributed by atoms with Crippen LogP contribution in [0, 0.1) is 12.7 Å². The predicted molar refractivity (Wildman–Crippen MR) is 108 cm³/mol. The Kier molecular flexibility index (Phi) is 6.14. The number of carbonyl (C=O) groups is 1. The van der Waals surface area contributed by atoms with Gasteiger partial charge in [0.05, 0.1) is 16.4 Å². The number of ether oxygens (including phenoxy) is 1. The molecule has 29 heavy (non-hydrogen) atoms. The number of hydrogen-bond donors (Lipinski definition) is 1. The molecule has 0 spiro atoms. The molecule has 10 heteroatoms. The molecular weight excluding hydrogens is 422 g/mol. The summed E-state index contributed by atoms with van der Waals surface area (Å²) in [5.41, 5.74) is -0.0280. The van der Waals surface area contributed by atoms with E-state index >= 15 is 0 Å². The molecule has 0 bridgehead atoms. The van der Waals surface area contributed by atoms with Gasteiger partial charge in [-0.15, -0.1) is 5.11 Å². The van der Waals surface area contributed by atoms with Gasteiger partial charge in [-0.2, -0.15) is 9.80 Å². The maximum atomic E-state index is 13.0. The fraction of sp³-hybridized carbons (Fsp3) is 0.158. The van der Waals surface area contributed by atoms with Gasteiger partial charge in [0.15, 0.2) is 11.8 Å². The van der Waals surface area contributed by atoms with E-state index in [0.29, 0.717) is 16.4 Å². The zero-order chi connectivity index (χ0) is 21.1. The van der Waals surface area contributed by atoms with Crippen molar-refractivity contribution in [2.24, 2.45) is 10.2 Å². The Hall–Kier alpha value is -2.97. The molecule has 0 aliphatic carbocycles. The molecule has 150 valence electrons. The van der Waals surface area contributed by atoms with Gasteiger partial charge in [0.1, 0.15) is 11.6 Å². The first-order valence-corrected chi connectivity index (χ1v) is 9.16. The van der Waals surface area contributed by atoms with Crippen LogP contribution in [0.5, 0.6) is 5.75 Å². The van der Waals surface area contributed by atoms with Gasteiger partial charge < -0.3 is 4.74 Å². The molecule has 2 aromatic carbocycles. The molecule has 1 atom stereocenters. The van der Waals surface area contributed by atoms with Crippen molar-refractivity contribution in [1.82, 2.24) is 9.78 Å². The van der Waals surface area contributed by atoms with Crippen LogP contribution < -0.4 is 10.3 Å². The van der Waals surface area contributed by atoms with Crippen LogP contribution in [0.3, 0.4) is 0 Å². The van der Waals surface area contributed by atoms with E-state index < -0.39 is 23.4 Å². The second-order valence-electron chi connectivity index (χ2n) is 6.08. The highest BCUT2D eigenvalue weighted by atomic mass is 35.5. The zero-order valence-electron chi connectivity index (χ0n) is 15.3. The highest BCUT2D eigenvalue weighted by Crippen LogP contribution is 2.28. The third-order valence-electron chi connectivity index (χ3n) is 3.90. The predicted octanol–water partition coefficient (Wildman–Crippen LogP) is 5.45.